The molecule has 6 heteroatoms. The second-order valence-corrected chi connectivity index (χ2v) is 8.02. The molecule has 1 aromatic carbocycles. The molecular formula is C24H25N5O. The summed E-state index contributed by atoms with van der Waals surface area (Å²) in [5.41, 5.74) is 2.96. The Bertz CT molecular complexity index is 1090. The lowest BCUT2D eigenvalue weighted by Gasteiger charge is -2.31. The quantitative estimate of drug-likeness (QED) is 0.548. The van der Waals surface area contributed by atoms with E-state index in [1.807, 2.05) is 47.4 Å². The van der Waals surface area contributed by atoms with Gasteiger partial charge in [-0.15, -0.1) is 0 Å². The molecule has 0 saturated heterocycles. The monoisotopic (exact) mass is 399 g/mol. The molecule has 1 N–H and O–H groups in total. The topological polar surface area (TPSA) is 64.7 Å². The zero-order chi connectivity index (χ0) is 20.3. The molecule has 2 aliphatic heterocycles. The SMILES string of the molecule is O=C(NC1CCC(n2cccc3ccnc2-3)CC1)c1cccc(Cn2cccn2)c1. The van der Waals surface area contributed by atoms with E-state index in [2.05, 4.69) is 44.4 Å². The van der Waals surface area contributed by atoms with Gasteiger partial charge in [-0.1, -0.05) is 12.1 Å². The van der Waals surface area contributed by atoms with Crippen molar-refractivity contribution in [3.05, 3.63) is 84.4 Å². The first-order valence-corrected chi connectivity index (χ1v) is 10.5. The molecule has 30 heavy (non-hydrogen) atoms. The number of hydrogen-bond donors (Lipinski definition) is 1. The largest absolute Gasteiger partial charge is 0.349 e. The third kappa shape index (κ3) is 3.85. The Balaban J connectivity index is 1.20. The van der Waals surface area contributed by atoms with Crippen LogP contribution in [0.15, 0.2) is 73.3 Å². The molecule has 3 aliphatic rings. The Morgan fingerprint density at radius 3 is 2.73 bits per heavy atom. The molecule has 0 unspecified atom stereocenters. The fourth-order valence-corrected chi connectivity index (χ4v) is 4.45. The van der Waals surface area contributed by atoms with E-state index in [9.17, 15) is 4.79 Å². The standard InChI is InChI=1S/C24H25N5O/c30-24(20-5-1-4-18(16-20)17-28-14-3-12-26-28)27-21-7-9-22(10-8-21)29-15-2-6-19-11-13-25-23(19)29/h1-6,11-16,21-22H,7-10,17H2,(H,27,30). The predicted octanol–water partition coefficient (Wildman–Crippen LogP) is 4.15. The first kappa shape index (κ1) is 18.6. The summed E-state index contributed by atoms with van der Waals surface area (Å²) >= 11 is 0. The molecule has 1 aliphatic carbocycles. The minimum Gasteiger partial charge on any atom is -0.349 e. The molecule has 1 amide bonds. The molecule has 0 atom stereocenters. The lowest BCUT2D eigenvalue weighted by Crippen LogP contribution is -2.38. The predicted molar refractivity (Wildman–Crippen MR) is 115 cm³/mol. The van der Waals surface area contributed by atoms with Crippen molar-refractivity contribution in [3.63, 3.8) is 0 Å². The van der Waals surface area contributed by atoms with E-state index in [4.69, 9.17) is 0 Å². The highest BCUT2D eigenvalue weighted by molar-refractivity contribution is 5.94. The molecule has 1 fully saturated rings. The Morgan fingerprint density at radius 1 is 1.00 bits per heavy atom. The van der Waals surface area contributed by atoms with E-state index in [0.717, 1.165) is 37.1 Å². The van der Waals surface area contributed by atoms with Crippen LogP contribution in [0.3, 0.4) is 0 Å². The van der Waals surface area contributed by atoms with Crippen LogP contribution in [-0.2, 0) is 6.54 Å². The van der Waals surface area contributed by atoms with E-state index < -0.39 is 0 Å². The molecule has 152 valence electrons. The maximum atomic E-state index is 12.8. The van der Waals surface area contributed by atoms with E-state index in [1.165, 1.54) is 5.56 Å². The molecule has 0 bridgehead atoms. The van der Waals surface area contributed by atoms with Crippen LogP contribution in [0.1, 0.15) is 47.6 Å². The average Bonchev–Trinajstić information content (AvgIpc) is 3.46. The summed E-state index contributed by atoms with van der Waals surface area (Å²) in [7, 11) is 0. The molecule has 0 spiro atoms. The second kappa shape index (κ2) is 8.14. The smallest absolute Gasteiger partial charge is 0.251 e. The van der Waals surface area contributed by atoms with Crippen LogP contribution in [0.25, 0.3) is 11.4 Å². The van der Waals surface area contributed by atoms with Crippen molar-refractivity contribution in [1.82, 2.24) is 24.6 Å². The van der Waals surface area contributed by atoms with Gasteiger partial charge in [-0.2, -0.15) is 5.10 Å². The zero-order valence-electron chi connectivity index (χ0n) is 16.8. The number of nitrogens with zero attached hydrogens (tertiary/aromatic N) is 4. The maximum Gasteiger partial charge on any atom is 0.251 e. The van der Waals surface area contributed by atoms with Gasteiger partial charge < -0.3 is 9.88 Å². The number of fused-ring (bicyclic) bond motifs is 1. The van der Waals surface area contributed by atoms with Crippen LogP contribution in [-0.4, -0.2) is 31.3 Å². The fraction of sp³-hybridized carbons (Fsp3) is 0.292. The third-order valence-electron chi connectivity index (χ3n) is 5.99. The Labute approximate surface area is 175 Å². The lowest BCUT2D eigenvalue weighted by atomic mass is 9.90. The van der Waals surface area contributed by atoms with Gasteiger partial charge in [-0.3, -0.25) is 9.48 Å². The minimum absolute atomic E-state index is 0.00761. The highest BCUT2D eigenvalue weighted by atomic mass is 16.1. The number of nitrogens with one attached hydrogen (secondary N) is 1. The number of benzene rings is 1. The van der Waals surface area contributed by atoms with Gasteiger partial charge in [0, 0.05) is 48.0 Å². The number of hydrogen-bond acceptors (Lipinski definition) is 3. The van der Waals surface area contributed by atoms with Crippen molar-refractivity contribution in [2.24, 2.45) is 0 Å². The lowest BCUT2D eigenvalue weighted by molar-refractivity contribution is 0.0922. The Morgan fingerprint density at radius 2 is 1.90 bits per heavy atom. The molecular weight excluding hydrogens is 374 g/mol. The van der Waals surface area contributed by atoms with Crippen molar-refractivity contribution in [3.8, 4) is 11.4 Å². The first-order valence-electron chi connectivity index (χ1n) is 10.5. The summed E-state index contributed by atoms with van der Waals surface area (Å²) in [4.78, 5) is 17.3. The summed E-state index contributed by atoms with van der Waals surface area (Å²) in [5, 5.41) is 7.48. The number of carbonyl (C=O) groups excluding carboxylic acids is 1. The van der Waals surface area contributed by atoms with Crippen LogP contribution in [0.5, 0.6) is 0 Å². The van der Waals surface area contributed by atoms with Crippen molar-refractivity contribution in [2.45, 2.75) is 44.3 Å². The third-order valence-corrected chi connectivity index (χ3v) is 5.99. The van der Waals surface area contributed by atoms with Crippen LogP contribution < -0.4 is 5.32 Å². The maximum absolute atomic E-state index is 12.8. The van der Waals surface area contributed by atoms with Gasteiger partial charge in [0.05, 0.1) is 6.54 Å². The fourth-order valence-electron chi connectivity index (χ4n) is 4.45. The zero-order valence-corrected chi connectivity index (χ0v) is 16.8. The van der Waals surface area contributed by atoms with Gasteiger partial charge in [-0.25, -0.2) is 4.98 Å². The summed E-state index contributed by atoms with van der Waals surface area (Å²) in [6, 6.07) is 16.6. The highest BCUT2D eigenvalue weighted by Crippen LogP contribution is 2.32. The van der Waals surface area contributed by atoms with Crippen LogP contribution >= 0.6 is 0 Å². The number of amides is 1. The number of aromatic nitrogens is 4. The average molecular weight is 399 g/mol. The Hall–Kier alpha value is -3.41. The number of pyridine rings is 1. The molecule has 6 nitrogen and oxygen atoms in total. The van der Waals surface area contributed by atoms with Gasteiger partial charge in [0.15, 0.2) is 0 Å². The van der Waals surface area contributed by atoms with E-state index in [1.54, 1.807) is 6.20 Å². The molecule has 5 rings (SSSR count). The van der Waals surface area contributed by atoms with Gasteiger partial charge in [0.25, 0.3) is 5.91 Å². The van der Waals surface area contributed by atoms with Gasteiger partial charge in [0.2, 0.25) is 0 Å². The minimum atomic E-state index is 0.00761. The van der Waals surface area contributed by atoms with Gasteiger partial charge >= 0.3 is 0 Å². The van der Waals surface area contributed by atoms with Crippen molar-refractivity contribution < 1.29 is 4.79 Å². The summed E-state index contributed by atoms with van der Waals surface area (Å²) in [5.74, 6) is 1.06. The molecule has 3 heterocycles. The second-order valence-electron chi connectivity index (χ2n) is 8.02. The summed E-state index contributed by atoms with van der Waals surface area (Å²) in [6.07, 6.45) is 11.7. The molecule has 0 radical (unpaired) electrons. The van der Waals surface area contributed by atoms with E-state index in [-0.39, 0.29) is 11.9 Å². The normalized spacial score (nSPS) is 19.1. The van der Waals surface area contributed by atoms with Crippen LogP contribution in [0, 0.1) is 0 Å². The molecule has 1 aromatic heterocycles. The number of rotatable bonds is 5. The van der Waals surface area contributed by atoms with Crippen molar-refractivity contribution in [2.75, 3.05) is 0 Å². The summed E-state index contributed by atoms with van der Waals surface area (Å²) < 4.78 is 4.16. The first-order chi connectivity index (χ1) is 14.8. The summed E-state index contributed by atoms with van der Waals surface area (Å²) in [6.45, 7) is 0.664. The number of carbonyl (C=O) groups is 1. The van der Waals surface area contributed by atoms with Crippen molar-refractivity contribution in [1.29, 1.82) is 0 Å². The molecule has 1 saturated carbocycles. The Kier molecular flexibility index (Phi) is 5.05. The molecule has 2 aromatic rings. The van der Waals surface area contributed by atoms with Gasteiger partial charge in [-0.05, 0) is 67.6 Å². The van der Waals surface area contributed by atoms with E-state index >= 15 is 0 Å². The van der Waals surface area contributed by atoms with Gasteiger partial charge in [0.1, 0.15) is 5.82 Å². The van der Waals surface area contributed by atoms with Crippen LogP contribution in [0.2, 0.25) is 0 Å². The highest BCUT2D eigenvalue weighted by Gasteiger charge is 2.25. The van der Waals surface area contributed by atoms with Crippen molar-refractivity contribution >= 4 is 5.91 Å². The van der Waals surface area contributed by atoms with E-state index in [0.29, 0.717) is 18.2 Å². The van der Waals surface area contributed by atoms with Crippen LogP contribution in [0.4, 0.5) is 0 Å².